The zero-order valence-electron chi connectivity index (χ0n) is 16.0. The van der Waals surface area contributed by atoms with E-state index in [1.54, 1.807) is 0 Å². The van der Waals surface area contributed by atoms with Crippen molar-refractivity contribution in [2.75, 3.05) is 6.54 Å². The summed E-state index contributed by atoms with van der Waals surface area (Å²) >= 11 is 0. The monoisotopic (exact) mass is 447 g/mol. The van der Waals surface area contributed by atoms with E-state index in [-0.39, 0.29) is 23.4 Å². The van der Waals surface area contributed by atoms with Gasteiger partial charge in [0.2, 0.25) is 5.54 Å². The number of fused-ring (bicyclic) bond motifs is 1. The molecule has 2 aliphatic rings. The maximum atomic E-state index is 13.9. The molecule has 1 fully saturated rings. The van der Waals surface area contributed by atoms with Crippen LogP contribution in [0, 0.1) is 23.5 Å². The summed E-state index contributed by atoms with van der Waals surface area (Å²) in [5, 5.41) is 4.36. The van der Waals surface area contributed by atoms with Crippen molar-refractivity contribution >= 4 is 17.8 Å². The van der Waals surface area contributed by atoms with Gasteiger partial charge in [-0.3, -0.25) is 14.9 Å². The summed E-state index contributed by atoms with van der Waals surface area (Å²) in [4.78, 5) is 38.3. The van der Waals surface area contributed by atoms with Crippen LogP contribution in [0.1, 0.15) is 21.5 Å². The van der Waals surface area contributed by atoms with Crippen molar-refractivity contribution < 1.29 is 36.7 Å². The fourth-order valence-electron chi connectivity index (χ4n) is 3.43. The number of nitrogens with one attached hydrogen (secondary N) is 2. The van der Waals surface area contributed by atoms with Gasteiger partial charge < -0.3 is 15.0 Å². The van der Waals surface area contributed by atoms with Gasteiger partial charge >= 0.3 is 12.6 Å². The van der Waals surface area contributed by atoms with Crippen LogP contribution in [0.3, 0.4) is 0 Å². The average molecular weight is 447 g/mol. The summed E-state index contributed by atoms with van der Waals surface area (Å²) in [5.74, 6) is 1.46. The predicted octanol–water partition coefficient (Wildman–Crippen LogP) is 2.15. The summed E-state index contributed by atoms with van der Waals surface area (Å²) in [6, 6.07) is 5.67. The second-order valence-electron chi connectivity index (χ2n) is 7.05. The molecule has 0 bridgehead atoms. The third-order valence-electron chi connectivity index (χ3n) is 4.90. The second kappa shape index (κ2) is 7.88. The molecule has 2 aliphatic heterocycles. The van der Waals surface area contributed by atoms with Crippen LogP contribution < -0.4 is 15.4 Å². The molecule has 2 aromatic rings. The van der Waals surface area contributed by atoms with Gasteiger partial charge in [0, 0.05) is 18.2 Å². The molecule has 0 radical (unpaired) electrons. The normalized spacial score (nSPS) is 19.4. The third-order valence-corrected chi connectivity index (χ3v) is 4.90. The van der Waals surface area contributed by atoms with Gasteiger partial charge in [0.05, 0.1) is 12.1 Å². The number of carbonyl (C=O) groups excluding carboxylic acids is 3. The molecule has 2 heterocycles. The summed E-state index contributed by atoms with van der Waals surface area (Å²) in [5.41, 5.74) is -1.53. The van der Waals surface area contributed by atoms with Crippen molar-refractivity contribution in [1.29, 1.82) is 0 Å². The number of alkyl halides is 2. The zero-order chi connectivity index (χ0) is 23.0. The summed E-state index contributed by atoms with van der Waals surface area (Å²) in [6.45, 7) is -3.46. The van der Waals surface area contributed by atoms with Gasteiger partial charge in [0.25, 0.3) is 11.8 Å². The van der Waals surface area contributed by atoms with Gasteiger partial charge in [0.15, 0.2) is 0 Å². The standard InChI is InChI=1S/C21H13F4N3O4/c22-13-3-1-11(16(23)7-13)5-6-21(18(30)26-20(31)27-21)10-28-9-12-2-4-14(32-19(24)25)8-15(12)17(28)29/h1-4,7-8,19H,9-10H2,(H2,26,27,30,31)/t21-/m1/s1. The molecule has 4 amide bonds. The Labute approximate surface area is 178 Å². The fraction of sp³-hybridized carbons (Fsp3) is 0.190. The summed E-state index contributed by atoms with van der Waals surface area (Å²) < 4.78 is 56.3. The van der Waals surface area contributed by atoms with Gasteiger partial charge in [-0.15, -0.1) is 0 Å². The number of hydrogen-bond donors (Lipinski definition) is 2. The number of ether oxygens (including phenoxy) is 1. The topological polar surface area (TPSA) is 87.7 Å². The SMILES string of the molecule is O=C1NC(=O)[C@@](C#Cc2ccc(F)cc2F)(CN2Cc3ccc(OC(F)F)cc3C2=O)N1. The van der Waals surface area contributed by atoms with Crippen molar-refractivity contribution in [3.05, 3.63) is 64.7 Å². The highest BCUT2D eigenvalue weighted by molar-refractivity contribution is 6.10. The Balaban J connectivity index is 1.63. The quantitative estimate of drug-likeness (QED) is 0.427. The van der Waals surface area contributed by atoms with Gasteiger partial charge in [0.1, 0.15) is 17.4 Å². The Morgan fingerprint density at radius 2 is 1.91 bits per heavy atom. The van der Waals surface area contributed by atoms with E-state index in [1.807, 2.05) is 5.32 Å². The lowest BCUT2D eigenvalue weighted by Gasteiger charge is -2.26. The minimum Gasteiger partial charge on any atom is -0.435 e. The van der Waals surface area contributed by atoms with Crippen LogP contribution in [-0.2, 0) is 11.3 Å². The molecule has 1 saturated heterocycles. The molecule has 0 unspecified atom stereocenters. The molecule has 11 heteroatoms. The summed E-state index contributed by atoms with van der Waals surface area (Å²) in [7, 11) is 0. The van der Waals surface area contributed by atoms with Crippen LogP contribution in [-0.4, -0.2) is 41.4 Å². The first-order valence-corrected chi connectivity index (χ1v) is 9.16. The fourth-order valence-corrected chi connectivity index (χ4v) is 3.43. The van der Waals surface area contributed by atoms with E-state index in [1.165, 1.54) is 17.0 Å². The minimum absolute atomic E-state index is 0.0145. The van der Waals surface area contributed by atoms with E-state index in [2.05, 4.69) is 21.9 Å². The number of hydrogen-bond acceptors (Lipinski definition) is 4. The van der Waals surface area contributed by atoms with E-state index in [0.717, 1.165) is 18.2 Å². The minimum atomic E-state index is -3.07. The van der Waals surface area contributed by atoms with Crippen LogP contribution in [0.2, 0.25) is 0 Å². The van der Waals surface area contributed by atoms with Crippen LogP contribution in [0.25, 0.3) is 0 Å². The Kier molecular flexibility index (Phi) is 5.22. The van der Waals surface area contributed by atoms with Gasteiger partial charge in [-0.2, -0.15) is 8.78 Å². The molecule has 0 aromatic heterocycles. The van der Waals surface area contributed by atoms with E-state index in [9.17, 15) is 31.9 Å². The highest BCUT2D eigenvalue weighted by Crippen LogP contribution is 2.29. The van der Waals surface area contributed by atoms with Crippen molar-refractivity contribution in [2.45, 2.75) is 18.7 Å². The van der Waals surface area contributed by atoms with E-state index < -0.39 is 48.2 Å². The molecular weight excluding hydrogens is 434 g/mol. The Hall–Kier alpha value is -4.07. The van der Waals surface area contributed by atoms with Crippen LogP contribution in [0.5, 0.6) is 5.75 Å². The van der Waals surface area contributed by atoms with Crippen LogP contribution >= 0.6 is 0 Å². The van der Waals surface area contributed by atoms with Crippen molar-refractivity contribution in [2.24, 2.45) is 0 Å². The van der Waals surface area contributed by atoms with Crippen LogP contribution in [0.15, 0.2) is 36.4 Å². The molecule has 0 aliphatic carbocycles. The number of carbonyl (C=O) groups is 3. The Bertz CT molecular complexity index is 1210. The molecule has 4 rings (SSSR count). The maximum Gasteiger partial charge on any atom is 0.387 e. The maximum absolute atomic E-state index is 13.9. The highest BCUT2D eigenvalue weighted by Gasteiger charge is 2.48. The van der Waals surface area contributed by atoms with E-state index in [4.69, 9.17) is 0 Å². The van der Waals surface area contributed by atoms with E-state index in [0.29, 0.717) is 11.6 Å². The molecule has 2 aromatic carbocycles. The molecule has 164 valence electrons. The number of urea groups is 1. The smallest absolute Gasteiger partial charge is 0.387 e. The lowest BCUT2D eigenvalue weighted by Crippen LogP contribution is -2.54. The largest absolute Gasteiger partial charge is 0.435 e. The number of amides is 4. The van der Waals surface area contributed by atoms with Gasteiger partial charge in [-0.25, -0.2) is 13.6 Å². The Morgan fingerprint density at radius 3 is 2.56 bits per heavy atom. The molecular formula is C21H13F4N3O4. The average Bonchev–Trinajstić information content (AvgIpc) is 3.16. The molecule has 1 atom stereocenters. The van der Waals surface area contributed by atoms with Crippen molar-refractivity contribution in [3.8, 4) is 17.6 Å². The predicted molar refractivity (Wildman–Crippen MR) is 100 cm³/mol. The number of nitrogens with zero attached hydrogens (tertiary/aromatic N) is 1. The number of benzene rings is 2. The number of halogens is 4. The van der Waals surface area contributed by atoms with E-state index >= 15 is 0 Å². The summed E-state index contributed by atoms with van der Waals surface area (Å²) in [6.07, 6.45) is 0. The molecule has 7 nitrogen and oxygen atoms in total. The highest BCUT2D eigenvalue weighted by atomic mass is 19.3. The number of rotatable bonds is 4. The second-order valence-corrected chi connectivity index (χ2v) is 7.05. The zero-order valence-corrected chi connectivity index (χ0v) is 16.0. The van der Waals surface area contributed by atoms with Crippen molar-refractivity contribution in [1.82, 2.24) is 15.5 Å². The van der Waals surface area contributed by atoms with Crippen molar-refractivity contribution in [3.63, 3.8) is 0 Å². The third kappa shape index (κ3) is 3.94. The molecule has 0 saturated carbocycles. The number of imide groups is 1. The first-order valence-electron chi connectivity index (χ1n) is 9.16. The van der Waals surface area contributed by atoms with Crippen LogP contribution in [0.4, 0.5) is 22.4 Å². The first kappa shape index (κ1) is 21.2. The van der Waals surface area contributed by atoms with Gasteiger partial charge in [-0.05, 0) is 29.8 Å². The lowest BCUT2D eigenvalue weighted by atomic mass is 9.99. The first-order chi connectivity index (χ1) is 15.2. The molecule has 32 heavy (non-hydrogen) atoms. The lowest BCUT2D eigenvalue weighted by molar-refractivity contribution is -0.122. The molecule has 0 spiro atoms. The molecule has 2 N–H and O–H groups in total. The Morgan fingerprint density at radius 1 is 1.12 bits per heavy atom. The van der Waals surface area contributed by atoms with Gasteiger partial charge in [-0.1, -0.05) is 17.9 Å².